The van der Waals surface area contributed by atoms with Crippen molar-refractivity contribution in [3.63, 3.8) is 0 Å². The lowest BCUT2D eigenvalue weighted by Gasteiger charge is -2.29. The van der Waals surface area contributed by atoms with E-state index in [9.17, 15) is 4.39 Å². The fourth-order valence-electron chi connectivity index (χ4n) is 4.40. The van der Waals surface area contributed by atoms with Crippen molar-refractivity contribution in [2.75, 3.05) is 11.5 Å². The first kappa shape index (κ1) is 19.2. The zero-order chi connectivity index (χ0) is 20.5. The predicted octanol–water partition coefficient (Wildman–Crippen LogP) is 4.38. The SMILES string of the molecule is Fc1ccc(N2C(=S)N[C@H](c3ccccn3)[C@H]2c2cccn2C[C@@H]2CCCO2)cc1. The first-order valence-electron chi connectivity index (χ1n) is 10.2. The second kappa shape index (κ2) is 8.16. The van der Waals surface area contributed by atoms with E-state index in [-0.39, 0.29) is 24.0 Å². The summed E-state index contributed by atoms with van der Waals surface area (Å²) in [5.41, 5.74) is 2.89. The normalized spacial score (nSPS) is 23.7. The molecule has 2 aromatic heterocycles. The first-order chi connectivity index (χ1) is 14.7. The Balaban J connectivity index is 1.57. The van der Waals surface area contributed by atoms with Crippen molar-refractivity contribution in [3.05, 3.63) is 84.2 Å². The summed E-state index contributed by atoms with van der Waals surface area (Å²) in [6.45, 7) is 1.63. The Labute approximate surface area is 180 Å². The second-order valence-corrected chi connectivity index (χ2v) is 8.08. The average molecular weight is 423 g/mol. The van der Waals surface area contributed by atoms with Crippen LogP contribution in [-0.2, 0) is 11.3 Å². The van der Waals surface area contributed by atoms with Crippen molar-refractivity contribution in [1.82, 2.24) is 14.9 Å². The Morgan fingerprint density at radius 1 is 1.13 bits per heavy atom. The predicted molar refractivity (Wildman–Crippen MR) is 118 cm³/mol. The summed E-state index contributed by atoms with van der Waals surface area (Å²) in [7, 11) is 0. The molecule has 0 bridgehead atoms. The number of pyridine rings is 1. The molecule has 30 heavy (non-hydrogen) atoms. The van der Waals surface area contributed by atoms with Gasteiger partial charge in [0.1, 0.15) is 11.9 Å². The van der Waals surface area contributed by atoms with Gasteiger partial charge in [0, 0.05) is 36.9 Å². The Morgan fingerprint density at radius 3 is 2.73 bits per heavy atom. The van der Waals surface area contributed by atoms with Crippen LogP contribution in [0.25, 0.3) is 0 Å². The molecule has 0 aliphatic carbocycles. The zero-order valence-corrected chi connectivity index (χ0v) is 17.3. The van der Waals surface area contributed by atoms with Crippen molar-refractivity contribution in [1.29, 1.82) is 0 Å². The van der Waals surface area contributed by atoms with E-state index in [0.29, 0.717) is 5.11 Å². The monoisotopic (exact) mass is 422 g/mol. The van der Waals surface area contributed by atoms with Crippen LogP contribution in [0.2, 0.25) is 0 Å². The number of hydrogen-bond donors (Lipinski definition) is 1. The number of anilines is 1. The third kappa shape index (κ3) is 3.59. The molecule has 5 nitrogen and oxygen atoms in total. The molecule has 2 aliphatic rings. The topological polar surface area (TPSA) is 42.3 Å². The maximum atomic E-state index is 13.6. The molecule has 2 saturated heterocycles. The van der Waals surface area contributed by atoms with Crippen LogP contribution in [-0.4, -0.2) is 27.4 Å². The Kier molecular flexibility index (Phi) is 5.23. The van der Waals surface area contributed by atoms with Gasteiger partial charge in [-0.1, -0.05) is 6.07 Å². The molecular formula is C23H23FN4OS. The summed E-state index contributed by atoms with van der Waals surface area (Å²) in [6.07, 6.45) is 6.30. The van der Waals surface area contributed by atoms with E-state index in [0.717, 1.165) is 43.1 Å². The highest BCUT2D eigenvalue weighted by atomic mass is 32.1. The highest BCUT2D eigenvalue weighted by Crippen LogP contribution is 2.41. The molecule has 0 saturated carbocycles. The Hall–Kier alpha value is -2.77. The molecule has 0 amide bonds. The number of ether oxygens (including phenoxy) is 1. The standard InChI is InChI=1S/C23H23FN4OS/c24-16-8-10-17(11-9-16)28-22(21(26-23(28)30)19-6-1-2-12-25-19)20-7-3-13-27(20)15-18-5-4-14-29-18/h1-3,6-13,18,21-22H,4-5,14-15H2,(H,26,30)/t18-,21+,22+/m0/s1. The molecule has 7 heteroatoms. The van der Waals surface area contributed by atoms with Crippen molar-refractivity contribution in [2.24, 2.45) is 0 Å². The van der Waals surface area contributed by atoms with Crippen LogP contribution in [0.5, 0.6) is 0 Å². The Bertz CT molecular complexity index is 1020. The Morgan fingerprint density at radius 2 is 2.00 bits per heavy atom. The van der Waals surface area contributed by atoms with Gasteiger partial charge in [-0.25, -0.2) is 4.39 Å². The fourth-order valence-corrected chi connectivity index (χ4v) is 4.75. The quantitative estimate of drug-likeness (QED) is 0.618. The molecule has 4 heterocycles. The minimum absolute atomic E-state index is 0.116. The highest BCUT2D eigenvalue weighted by molar-refractivity contribution is 7.80. The molecule has 0 spiro atoms. The highest BCUT2D eigenvalue weighted by Gasteiger charge is 2.42. The first-order valence-corrected chi connectivity index (χ1v) is 10.6. The second-order valence-electron chi connectivity index (χ2n) is 7.69. The molecule has 154 valence electrons. The van der Waals surface area contributed by atoms with E-state index in [1.807, 2.05) is 18.2 Å². The third-order valence-corrected chi connectivity index (χ3v) is 6.11. The number of nitrogens with one attached hydrogen (secondary N) is 1. The van der Waals surface area contributed by atoms with Gasteiger partial charge in [0.25, 0.3) is 0 Å². The largest absolute Gasteiger partial charge is 0.376 e. The lowest BCUT2D eigenvalue weighted by molar-refractivity contribution is 0.0961. The maximum absolute atomic E-state index is 13.6. The van der Waals surface area contributed by atoms with Crippen LogP contribution in [0.4, 0.5) is 10.1 Å². The molecular weight excluding hydrogens is 399 g/mol. The summed E-state index contributed by atoms with van der Waals surface area (Å²) in [5.74, 6) is -0.267. The number of aromatic nitrogens is 2. The number of nitrogens with zero attached hydrogens (tertiary/aromatic N) is 3. The fraction of sp³-hybridized carbons (Fsp3) is 0.304. The summed E-state index contributed by atoms with van der Waals surface area (Å²) in [6, 6.07) is 16.3. The van der Waals surface area contributed by atoms with E-state index < -0.39 is 0 Å². The van der Waals surface area contributed by atoms with E-state index in [4.69, 9.17) is 17.0 Å². The molecule has 3 atom stereocenters. The van der Waals surface area contributed by atoms with Gasteiger partial charge < -0.3 is 19.5 Å². The molecule has 0 unspecified atom stereocenters. The lowest BCUT2D eigenvalue weighted by Crippen LogP contribution is -2.31. The van der Waals surface area contributed by atoms with Gasteiger partial charge in [-0.3, -0.25) is 4.98 Å². The van der Waals surface area contributed by atoms with Gasteiger partial charge in [0.2, 0.25) is 0 Å². The number of benzene rings is 1. The summed E-state index contributed by atoms with van der Waals surface area (Å²) < 4.78 is 21.7. The molecule has 5 rings (SSSR count). The van der Waals surface area contributed by atoms with Crippen LogP contribution in [0.3, 0.4) is 0 Å². The van der Waals surface area contributed by atoms with Crippen molar-refractivity contribution < 1.29 is 9.13 Å². The molecule has 2 fully saturated rings. The van der Waals surface area contributed by atoms with Gasteiger partial charge in [-0.15, -0.1) is 0 Å². The van der Waals surface area contributed by atoms with Crippen LogP contribution in [0, 0.1) is 5.82 Å². The van der Waals surface area contributed by atoms with E-state index >= 15 is 0 Å². The summed E-state index contributed by atoms with van der Waals surface area (Å²) in [5, 5.41) is 4.05. The molecule has 2 aliphatic heterocycles. The van der Waals surface area contributed by atoms with Gasteiger partial charge in [-0.2, -0.15) is 0 Å². The summed E-state index contributed by atoms with van der Waals surface area (Å²) >= 11 is 5.73. The van der Waals surface area contributed by atoms with Gasteiger partial charge in [0.15, 0.2) is 5.11 Å². The third-order valence-electron chi connectivity index (χ3n) is 5.79. The van der Waals surface area contributed by atoms with Gasteiger partial charge >= 0.3 is 0 Å². The minimum atomic E-state index is -0.267. The van der Waals surface area contributed by atoms with Crippen LogP contribution < -0.4 is 10.2 Å². The maximum Gasteiger partial charge on any atom is 0.174 e. The van der Waals surface area contributed by atoms with E-state index in [1.54, 1.807) is 18.3 Å². The number of rotatable bonds is 5. The zero-order valence-electron chi connectivity index (χ0n) is 16.4. The van der Waals surface area contributed by atoms with Gasteiger partial charge in [-0.05, 0) is 73.6 Å². The smallest absolute Gasteiger partial charge is 0.174 e. The minimum Gasteiger partial charge on any atom is -0.376 e. The number of halogens is 1. The average Bonchev–Trinajstić information content (AvgIpc) is 3.50. The van der Waals surface area contributed by atoms with E-state index in [2.05, 4.69) is 38.1 Å². The van der Waals surface area contributed by atoms with Crippen molar-refractivity contribution >= 4 is 23.0 Å². The van der Waals surface area contributed by atoms with Crippen LogP contribution >= 0.6 is 12.2 Å². The molecule has 0 radical (unpaired) electrons. The molecule has 3 aromatic rings. The lowest BCUT2D eigenvalue weighted by atomic mass is 10.0. The van der Waals surface area contributed by atoms with Gasteiger partial charge in [0.05, 0.1) is 17.8 Å². The van der Waals surface area contributed by atoms with Crippen LogP contribution in [0.1, 0.15) is 36.3 Å². The molecule has 1 N–H and O–H groups in total. The number of thiocarbonyl (C=S) groups is 1. The van der Waals surface area contributed by atoms with Crippen LogP contribution in [0.15, 0.2) is 67.0 Å². The number of hydrogen-bond acceptors (Lipinski definition) is 3. The van der Waals surface area contributed by atoms with E-state index in [1.165, 1.54) is 12.1 Å². The van der Waals surface area contributed by atoms with Crippen molar-refractivity contribution in [3.8, 4) is 0 Å². The van der Waals surface area contributed by atoms with Crippen molar-refractivity contribution in [2.45, 2.75) is 37.6 Å². The summed E-state index contributed by atoms with van der Waals surface area (Å²) in [4.78, 5) is 6.65. The molecule has 1 aromatic carbocycles.